The molecule has 2 aromatic rings. The van der Waals surface area contributed by atoms with Crippen molar-refractivity contribution in [3.05, 3.63) is 46.7 Å². The van der Waals surface area contributed by atoms with Gasteiger partial charge in [-0.3, -0.25) is 4.72 Å². The Hall–Kier alpha value is -1.79. The average molecular weight is 327 g/mol. The van der Waals surface area contributed by atoms with Gasteiger partial charge in [-0.1, -0.05) is 11.6 Å². The molecule has 7 heteroatoms. The summed E-state index contributed by atoms with van der Waals surface area (Å²) in [5.41, 5.74) is 1.79. The van der Waals surface area contributed by atoms with E-state index in [2.05, 4.69) is 9.71 Å². The zero-order chi connectivity index (χ0) is 15.6. The van der Waals surface area contributed by atoms with E-state index in [4.69, 9.17) is 16.3 Å². The third-order valence-corrected chi connectivity index (χ3v) is 4.56. The monoisotopic (exact) mass is 326 g/mol. The number of anilines is 1. The van der Waals surface area contributed by atoms with Crippen molar-refractivity contribution in [2.45, 2.75) is 18.7 Å². The maximum atomic E-state index is 12.4. The minimum absolute atomic E-state index is 0.106. The van der Waals surface area contributed by atoms with Gasteiger partial charge in [0.25, 0.3) is 10.0 Å². The SMILES string of the molecule is COc1ccc(S(=O)(=O)Nc2cc(C)cnc2Cl)cc1C. The van der Waals surface area contributed by atoms with Gasteiger partial charge < -0.3 is 4.74 Å². The van der Waals surface area contributed by atoms with Crippen LogP contribution in [0.2, 0.25) is 5.15 Å². The summed E-state index contributed by atoms with van der Waals surface area (Å²) in [7, 11) is -2.20. The van der Waals surface area contributed by atoms with Crippen LogP contribution in [-0.2, 0) is 10.0 Å². The zero-order valence-electron chi connectivity index (χ0n) is 11.8. The van der Waals surface area contributed by atoms with Crippen LogP contribution in [0.15, 0.2) is 35.4 Å². The molecule has 1 heterocycles. The summed E-state index contributed by atoms with van der Waals surface area (Å²) in [5, 5.41) is 0.106. The number of methoxy groups -OCH3 is 1. The van der Waals surface area contributed by atoms with Gasteiger partial charge in [0.2, 0.25) is 0 Å². The summed E-state index contributed by atoms with van der Waals surface area (Å²) in [6, 6.07) is 6.26. The van der Waals surface area contributed by atoms with Gasteiger partial charge in [0.05, 0.1) is 17.7 Å². The molecule has 5 nitrogen and oxygen atoms in total. The number of pyridine rings is 1. The molecule has 1 aromatic heterocycles. The number of aryl methyl sites for hydroxylation is 2. The van der Waals surface area contributed by atoms with Crippen LogP contribution in [0.25, 0.3) is 0 Å². The van der Waals surface area contributed by atoms with Crippen LogP contribution in [0.5, 0.6) is 5.75 Å². The summed E-state index contributed by atoms with van der Waals surface area (Å²) in [6.07, 6.45) is 1.57. The minimum Gasteiger partial charge on any atom is -0.496 e. The third-order valence-electron chi connectivity index (χ3n) is 2.90. The van der Waals surface area contributed by atoms with Gasteiger partial charge in [-0.05, 0) is 49.2 Å². The predicted octanol–water partition coefficient (Wildman–Crippen LogP) is 3.16. The maximum Gasteiger partial charge on any atom is 0.262 e. The van der Waals surface area contributed by atoms with Crippen LogP contribution in [0.4, 0.5) is 5.69 Å². The summed E-state index contributed by atoms with van der Waals surface area (Å²) in [4.78, 5) is 4.06. The lowest BCUT2D eigenvalue weighted by molar-refractivity contribution is 0.411. The molecule has 0 aliphatic carbocycles. The smallest absolute Gasteiger partial charge is 0.262 e. The van der Waals surface area contributed by atoms with Gasteiger partial charge in [0.1, 0.15) is 5.75 Å². The van der Waals surface area contributed by atoms with Crippen LogP contribution in [-0.4, -0.2) is 20.5 Å². The molecular formula is C14H15ClN2O3S. The Bertz CT molecular complexity index is 776. The van der Waals surface area contributed by atoms with Crippen molar-refractivity contribution >= 4 is 27.3 Å². The molecular weight excluding hydrogens is 312 g/mol. The zero-order valence-corrected chi connectivity index (χ0v) is 13.4. The van der Waals surface area contributed by atoms with Crippen molar-refractivity contribution in [3.8, 4) is 5.75 Å². The molecule has 0 radical (unpaired) electrons. The first-order valence-electron chi connectivity index (χ1n) is 6.13. The molecule has 0 fully saturated rings. The van der Waals surface area contributed by atoms with E-state index in [-0.39, 0.29) is 15.7 Å². The molecule has 112 valence electrons. The summed E-state index contributed by atoms with van der Waals surface area (Å²) >= 11 is 5.91. The molecule has 0 bridgehead atoms. The fraction of sp³-hybridized carbons (Fsp3) is 0.214. The molecule has 0 unspecified atom stereocenters. The number of halogens is 1. The van der Waals surface area contributed by atoms with Crippen molar-refractivity contribution in [3.63, 3.8) is 0 Å². The first kappa shape index (κ1) is 15.6. The lowest BCUT2D eigenvalue weighted by Gasteiger charge is -2.11. The summed E-state index contributed by atoms with van der Waals surface area (Å²) in [6.45, 7) is 3.58. The van der Waals surface area contributed by atoms with Gasteiger partial charge in [-0.2, -0.15) is 0 Å². The first-order valence-corrected chi connectivity index (χ1v) is 7.99. The highest BCUT2D eigenvalue weighted by atomic mass is 35.5. The van der Waals surface area contributed by atoms with E-state index in [0.717, 1.165) is 11.1 Å². The number of nitrogens with one attached hydrogen (secondary N) is 1. The Morgan fingerprint density at radius 2 is 1.95 bits per heavy atom. The van der Waals surface area contributed by atoms with Gasteiger partial charge in [0.15, 0.2) is 5.15 Å². The van der Waals surface area contributed by atoms with E-state index in [9.17, 15) is 8.42 Å². The molecule has 1 aromatic carbocycles. The molecule has 2 rings (SSSR count). The van der Waals surface area contributed by atoms with E-state index in [1.165, 1.54) is 19.2 Å². The Kier molecular flexibility index (Phi) is 4.39. The summed E-state index contributed by atoms with van der Waals surface area (Å²) in [5.74, 6) is 0.629. The Morgan fingerprint density at radius 3 is 2.57 bits per heavy atom. The van der Waals surface area contributed by atoms with Crippen LogP contribution in [0.1, 0.15) is 11.1 Å². The molecule has 1 N–H and O–H groups in total. The van der Waals surface area contributed by atoms with Crippen molar-refractivity contribution in [1.29, 1.82) is 0 Å². The van der Waals surface area contributed by atoms with Gasteiger partial charge in [0, 0.05) is 6.20 Å². The van der Waals surface area contributed by atoms with Crippen LogP contribution < -0.4 is 9.46 Å². The lowest BCUT2D eigenvalue weighted by atomic mass is 10.2. The predicted molar refractivity (Wildman–Crippen MR) is 82.5 cm³/mol. The summed E-state index contributed by atoms with van der Waals surface area (Å²) < 4.78 is 32.3. The number of hydrogen-bond acceptors (Lipinski definition) is 4. The van der Waals surface area contributed by atoms with E-state index in [0.29, 0.717) is 5.75 Å². The second-order valence-corrected chi connectivity index (χ2v) is 6.63. The normalized spacial score (nSPS) is 11.2. The fourth-order valence-corrected chi connectivity index (χ4v) is 3.19. The van der Waals surface area contributed by atoms with Gasteiger partial charge in [-0.25, -0.2) is 13.4 Å². The second kappa shape index (κ2) is 5.91. The molecule has 0 aliphatic heterocycles. The standard InChI is InChI=1S/C14H15ClN2O3S/c1-9-6-12(14(15)16-8-9)17-21(18,19)11-4-5-13(20-3)10(2)7-11/h4-8,17H,1-3H3. The van der Waals surface area contributed by atoms with Gasteiger partial charge >= 0.3 is 0 Å². The van der Waals surface area contributed by atoms with E-state index in [1.807, 2.05) is 0 Å². The highest BCUT2D eigenvalue weighted by Gasteiger charge is 2.17. The van der Waals surface area contributed by atoms with Crippen molar-refractivity contribution < 1.29 is 13.2 Å². The average Bonchev–Trinajstić information content (AvgIpc) is 2.42. The van der Waals surface area contributed by atoms with Crippen LogP contribution >= 0.6 is 11.6 Å². The number of sulfonamides is 1. The molecule has 0 atom stereocenters. The number of aromatic nitrogens is 1. The Balaban J connectivity index is 2.38. The molecule has 0 aliphatic rings. The molecule has 21 heavy (non-hydrogen) atoms. The molecule has 0 spiro atoms. The Labute approximate surface area is 129 Å². The van der Waals surface area contributed by atoms with Crippen molar-refractivity contribution in [2.75, 3.05) is 11.8 Å². The van der Waals surface area contributed by atoms with E-state index < -0.39 is 10.0 Å². The molecule has 0 saturated heterocycles. The fourth-order valence-electron chi connectivity index (χ4n) is 1.85. The molecule has 0 amide bonds. The van der Waals surface area contributed by atoms with Crippen LogP contribution in [0, 0.1) is 13.8 Å². The topological polar surface area (TPSA) is 68.3 Å². The number of ether oxygens (including phenoxy) is 1. The third kappa shape index (κ3) is 3.46. The molecule has 0 saturated carbocycles. The minimum atomic E-state index is -3.73. The van der Waals surface area contributed by atoms with Crippen molar-refractivity contribution in [1.82, 2.24) is 4.98 Å². The van der Waals surface area contributed by atoms with Crippen molar-refractivity contribution in [2.24, 2.45) is 0 Å². The highest BCUT2D eigenvalue weighted by molar-refractivity contribution is 7.92. The Morgan fingerprint density at radius 1 is 1.24 bits per heavy atom. The quantitative estimate of drug-likeness (QED) is 0.876. The van der Waals surface area contributed by atoms with E-state index >= 15 is 0 Å². The maximum absolute atomic E-state index is 12.4. The largest absolute Gasteiger partial charge is 0.496 e. The second-order valence-electron chi connectivity index (χ2n) is 4.59. The number of nitrogens with zero attached hydrogens (tertiary/aromatic N) is 1. The number of hydrogen-bond donors (Lipinski definition) is 1. The van der Waals surface area contributed by atoms with Crippen LogP contribution in [0.3, 0.4) is 0 Å². The first-order chi connectivity index (χ1) is 9.83. The lowest BCUT2D eigenvalue weighted by Crippen LogP contribution is -2.14. The van der Waals surface area contributed by atoms with Gasteiger partial charge in [-0.15, -0.1) is 0 Å². The highest BCUT2D eigenvalue weighted by Crippen LogP contribution is 2.26. The number of rotatable bonds is 4. The van der Waals surface area contributed by atoms with E-state index in [1.54, 1.807) is 32.2 Å². The number of benzene rings is 1.